The second-order valence-corrected chi connectivity index (χ2v) is 4.89. The van der Waals surface area contributed by atoms with Gasteiger partial charge in [-0.3, -0.25) is 10.00 Å². The molecule has 0 spiro atoms. The van der Waals surface area contributed by atoms with E-state index in [-0.39, 0.29) is 6.03 Å². The van der Waals surface area contributed by atoms with Crippen molar-refractivity contribution in [1.82, 2.24) is 19.3 Å². The summed E-state index contributed by atoms with van der Waals surface area (Å²) in [6, 6.07) is 9.08. The Labute approximate surface area is 127 Å². The lowest BCUT2D eigenvalue weighted by molar-refractivity contribution is 0.262. The average Bonchev–Trinajstić information content (AvgIpc) is 3.13. The summed E-state index contributed by atoms with van der Waals surface area (Å²) in [5, 5.41) is 9.52. The first-order chi connectivity index (χ1) is 10.7. The second kappa shape index (κ2) is 6.13. The van der Waals surface area contributed by atoms with Crippen molar-refractivity contribution in [2.24, 2.45) is 7.05 Å². The van der Waals surface area contributed by atoms with Crippen LogP contribution in [0.4, 0.5) is 16.3 Å². The molecule has 0 fully saturated rings. The van der Waals surface area contributed by atoms with Gasteiger partial charge in [0.15, 0.2) is 5.82 Å². The number of urea groups is 1. The van der Waals surface area contributed by atoms with E-state index in [1.54, 1.807) is 36.5 Å². The number of aromatic nitrogens is 4. The fraction of sp³-hybridized carbons (Fsp3) is 0.133. The van der Waals surface area contributed by atoms with Crippen molar-refractivity contribution in [1.29, 1.82) is 0 Å². The van der Waals surface area contributed by atoms with E-state index in [9.17, 15) is 4.79 Å². The van der Waals surface area contributed by atoms with Gasteiger partial charge in [0.2, 0.25) is 0 Å². The zero-order valence-corrected chi connectivity index (χ0v) is 12.1. The van der Waals surface area contributed by atoms with Gasteiger partial charge in [0.25, 0.3) is 0 Å². The Bertz CT molecular complexity index is 745. The van der Waals surface area contributed by atoms with Crippen LogP contribution in [0.5, 0.6) is 0 Å². The molecule has 0 aliphatic heterocycles. The number of hydrogen-bond acceptors (Lipinski definition) is 3. The molecule has 7 nitrogen and oxygen atoms in total. The van der Waals surface area contributed by atoms with Gasteiger partial charge >= 0.3 is 6.03 Å². The van der Waals surface area contributed by atoms with Crippen molar-refractivity contribution in [2.45, 2.75) is 6.54 Å². The largest absolute Gasteiger partial charge is 0.333 e. The lowest BCUT2D eigenvalue weighted by atomic mass is 10.2. The van der Waals surface area contributed by atoms with E-state index in [1.807, 2.05) is 35.0 Å². The van der Waals surface area contributed by atoms with E-state index >= 15 is 0 Å². The minimum atomic E-state index is -0.318. The fourth-order valence-corrected chi connectivity index (χ4v) is 2.04. The van der Waals surface area contributed by atoms with Crippen LogP contribution in [-0.4, -0.2) is 25.4 Å². The molecule has 0 radical (unpaired) electrons. The molecule has 1 aromatic carbocycles. The molecule has 0 unspecified atom stereocenters. The standard InChI is InChI=1S/C15H16N6O/c1-20-8-6-14(19-20)18-15(22)17-13-4-2-12(3-5-13)10-21-9-7-16-11-21/h2-9,11H,10H2,1H3,(H2,17,18,19,22). The Morgan fingerprint density at radius 1 is 1.14 bits per heavy atom. The van der Waals surface area contributed by atoms with Crippen molar-refractivity contribution >= 4 is 17.5 Å². The highest BCUT2D eigenvalue weighted by atomic mass is 16.2. The summed E-state index contributed by atoms with van der Waals surface area (Å²) in [6.45, 7) is 0.750. The molecular formula is C15H16N6O. The van der Waals surface area contributed by atoms with Gasteiger partial charge in [-0.15, -0.1) is 0 Å². The average molecular weight is 296 g/mol. The molecular weight excluding hydrogens is 280 g/mol. The van der Waals surface area contributed by atoms with Gasteiger partial charge in [0, 0.05) is 43.9 Å². The van der Waals surface area contributed by atoms with Gasteiger partial charge in [-0.05, 0) is 17.7 Å². The number of aryl methyl sites for hydroxylation is 1. The number of carbonyl (C=O) groups excluding carboxylic acids is 1. The maximum atomic E-state index is 11.8. The van der Waals surface area contributed by atoms with Crippen molar-refractivity contribution < 1.29 is 4.79 Å². The smallest absolute Gasteiger partial charge is 0.324 e. The highest BCUT2D eigenvalue weighted by molar-refractivity contribution is 5.99. The number of hydrogen-bond donors (Lipinski definition) is 2. The molecule has 3 rings (SSSR count). The van der Waals surface area contributed by atoms with Crippen molar-refractivity contribution in [3.63, 3.8) is 0 Å². The Balaban J connectivity index is 1.57. The summed E-state index contributed by atoms with van der Waals surface area (Å²) >= 11 is 0. The summed E-state index contributed by atoms with van der Waals surface area (Å²) in [7, 11) is 1.79. The molecule has 0 atom stereocenters. The molecule has 0 aliphatic carbocycles. The topological polar surface area (TPSA) is 76.8 Å². The maximum absolute atomic E-state index is 11.8. The number of amides is 2. The van der Waals surface area contributed by atoms with Crippen LogP contribution >= 0.6 is 0 Å². The Morgan fingerprint density at radius 3 is 2.59 bits per heavy atom. The number of benzene rings is 1. The summed E-state index contributed by atoms with van der Waals surface area (Å²) in [5.41, 5.74) is 1.86. The molecule has 0 saturated carbocycles. The zero-order valence-electron chi connectivity index (χ0n) is 12.1. The predicted octanol–water partition coefficient (Wildman–Crippen LogP) is 2.31. The first-order valence-electron chi connectivity index (χ1n) is 6.81. The van der Waals surface area contributed by atoms with E-state index in [0.29, 0.717) is 5.82 Å². The van der Waals surface area contributed by atoms with Crippen LogP contribution in [0, 0.1) is 0 Å². The molecule has 112 valence electrons. The van der Waals surface area contributed by atoms with Crippen LogP contribution in [0.3, 0.4) is 0 Å². The third-order valence-corrected chi connectivity index (χ3v) is 3.09. The van der Waals surface area contributed by atoms with Crippen molar-refractivity contribution in [3.8, 4) is 0 Å². The van der Waals surface area contributed by atoms with Crippen molar-refractivity contribution in [3.05, 3.63) is 60.8 Å². The third kappa shape index (κ3) is 3.51. The number of rotatable bonds is 4. The highest BCUT2D eigenvalue weighted by Gasteiger charge is 2.04. The van der Waals surface area contributed by atoms with Crippen molar-refractivity contribution in [2.75, 3.05) is 10.6 Å². The Morgan fingerprint density at radius 2 is 1.95 bits per heavy atom. The van der Waals surface area contributed by atoms with Gasteiger partial charge in [0.1, 0.15) is 0 Å². The van der Waals surface area contributed by atoms with E-state index in [4.69, 9.17) is 0 Å². The van der Waals surface area contributed by atoms with Crippen LogP contribution in [-0.2, 0) is 13.6 Å². The monoisotopic (exact) mass is 296 g/mol. The van der Waals surface area contributed by atoms with E-state index in [0.717, 1.165) is 17.8 Å². The van der Waals surface area contributed by atoms with E-state index in [2.05, 4.69) is 20.7 Å². The summed E-state index contributed by atoms with van der Waals surface area (Å²) < 4.78 is 3.61. The number of nitrogens with zero attached hydrogens (tertiary/aromatic N) is 4. The maximum Gasteiger partial charge on any atom is 0.324 e. The molecule has 0 bridgehead atoms. The summed E-state index contributed by atoms with van der Waals surface area (Å²) in [4.78, 5) is 15.9. The third-order valence-electron chi connectivity index (χ3n) is 3.09. The minimum absolute atomic E-state index is 0.318. The molecule has 2 aromatic heterocycles. The minimum Gasteiger partial charge on any atom is -0.333 e. The molecule has 2 N–H and O–H groups in total. The molecule has 7 heteroatoms. The van der Waals surface area contributed by atoms with E-state index < -0.39 is 0 Å². The van der Waals surface area contributed by atoms with E-state index in [1.165, 1.54) is 0 Å². The normalized spacial score (nSPS) is 10.4. The quantitative estimate of drug-likeness (QED) is 0.775. The lowest BCUT2D eigenvalue weighted by Gasteiger charge is -2.07. The number of imidazole rings is 1. The molecule has 0 saturated heterocycles. The van der Waals surface area contributed by atoms with Gasteiger partial charge in [0.05, 0.1) is 6.33 Å². The predicted molar refractivity (Wildman–Crippen MR) is 83.6 cm³/mol. The number of anilines is 2. The molecule has 2 amide bonds. The Kier molecular flexibility index (Phi) is 3.86. The van der Waals surface area contributed by atoms with Crippen LogP contribution in [0.1, 0.15) is 5.56 Å². The van der Waals surface area contributed by atoms with Crippen LogP contribution in [0.15, 0.2) is 55.2 Å². The van der Waals surface area contributed by atoms with Crippen LogP contribution in [0.25, 0.3) is 0 Å². The summed E-state index contributed by atoms with van der Waals surface area (Å²) in [5.74, 6) is 0.511. The Hall–Kier alpha value is -3.09. The number of carbonyl (C=O) groups is 1. The van der Waals surface area contributed by atoms with Gasteiger partial charge in [-0.1, -0.05) is 12.1 Å². The second-order valence-electron chi connectivity index (χ2n) is 4.89. The zero-order chi connectivity index (χ0) is 15.4. The molecule has 0 aliphatic rings. The van der Waals surface area contributed by atoms with Gasteiger partial charge < -0.3 is 9.88 Å². The first-order valence-corrected chi connectivity index (χ1v) is 6.81. The number of nitrogens with one attached hydrogen (secondary N) is 2. The van der Waals surface area contributed by atoms with Crippen LogP contribution < -0.4 is 10.6 Å². The summed E-state index contributed by atoms with van der Waals surface area (Å²) in [6.07, 6.45) is 7.19. The SMILES string of the molecule is Cn1ccc(NC(=O)Nc2ccc(Cn3ccnc3)cc2)n1. The molecule has 22 heavy (non-hydrogen) atoms. The lowest BCUT2D eigenvalue weighted by Crippen LogP contribution is -2.19. The van der Waals surface area contributed by atoms with Crippen LogP contribution in [0.2, 0.25) is 0 Å². The fourth-order valence-electron chi connectivity index (χ4n) is 2.04. The first kappa shape index (κ1) is 13.9. The molecule has 2 heterocycles. The highest BCUT2D eigenvalue weighted by Crippen LogP contribution is 2.11. The molecule has 3 aromatic rings. The van der Waals surface area contributed by atoms with Gasteiger partial charge in [-0.25, -0.2) is 9.78 Å². The van der Waals surface area contributed by atoms with Gasteiger partial charge in [-0.2, -0.15) is 5.10 Å².